The van der Waals surface area contributed by atoms with Crippen LogP contribution in [0.1, 0.15) is 0 Å². The SMILES string of the molecule is O=S1(=O)CCOCC1C1CN(c2cc(Br)c(I)c3cc(Cl)ncc23)C1. The lowest BCUT2D eigenvalue weighted by atomic mass is 9.94. The molecule has 2 aliphatic heterocycles. The fraction of sp³-hybridized carbons (Fsp3) is 0.438. The number of anilines is 1. The van der Waals surface area contributed by atoms with Crippen molar-refractivity contribution in [2.45, 2.75) is 5.25 Å². The van der Waals surface area contributed by atoms with E-state index in [2.05, 4.69) is 54.5 Å². The molecule has 2 aromatic rings. The maximum atomic E-state index is 12.3. The molecule has 0 bridgehead atoms. The van der Waals surface area contributed by atoms with E-state index in [-0.39, 0.29) is 16.9 Å². The molecular formula is C16H15BrClIN2O3S. The maximum absolute atomic E-state index is 12.3. The topological polar surface area (TPSA) is 59.5 Å². The van der Waals surface area contributed by atoms with E-state index in [1.807, 2.05) is 6.07 Å². The molecule has 0 aliphatic carbocycles. The van der Waals surface area contributed by atoms with E-state index in [4.69, 9.17) is 16.3 Å². The van der Waals surface area contributed by atoms with Gasteiger partial charge in [0.15, 0.2) is 9.84 Å². The van der Waals surface area contributed by atoms with Crippen molar-refractivity contribution in [3.63, 3.8) is 0 Å². The van der Waals surface area contributed by atoms with Crippen LogP contribution in [0.3, 0.4) is 0 Å². The summed E-state index contributed by atoms with van der Waals surface area (Å²) >= 11 is 12.0. The first-order valence-corrected chi connectivity index (χ1v) is 11.8. The molecule has 4 rings (SSSR count). The Morgan fingerprint density at radius 2 is 2.08 bits per heavy atom. The van der Waals surface area contributed by atoms with Gasteiger partial charge in [0.1, 0.15) is 5.15 Å². The highest BCUT2D eigenvalue weighted by atomic mass is 127. The van der Waals surface area contributed by atoms with Crippen LogP contribution in [0.15, 0.2) is 22.8 Å². The Labute approximate surface area is 173 Å². The summed E-state index contributed by atoms with van der Waals surface area (Å²) in [6.45, 7) is 2.04. The molecule has 3 heterocycles. The van der Waals surface area contributed by atoms with E-state index in [1.54, 1.807) is 6.20 Å². The zero-order valence-electron chi connectivity index (χ0n) is 13.1. The second kappa shape index (κ2) is 6.78. The van der Waals surface area contributed by atoms with Crippen molar-refractivity contribution in [3.05, 3.63) is 31.5 Å². The number of pyridine rings is 1. The average Bonchev–Trinajstić information content (AvgIpc) is 2.52. The first-order chi connectivity index (χ1) is 11.9. The Morgan fingerprint density at radius 3 is 2.80 bits per heavy atom. The summed E-state index contributed by atoms with van der Waals surface area (Å²) in [7, 11) is -3.04. The molecule has 134 valence electrons. The van der Waals surface area contributed by atoms with Gasteiger partial charge >= 0.3 is 0 Å². The minimum Gasteiger partial charge on any atom is -0.379 e. The molecule has 0 spiro atoms. The predicted molar refractivity (Wildman–Crippen MR) is 111 cm³/mol. The molecule has 0 amide bonds. The number of hydrogen-bond acceptors (Lipinski definition) is 5. The third-order valence-corrected chi connectivity index (χ3v) is 9.80. The molecule has 5 nitrogen and oxygen atoms in total. The van der Waals surface area contributed by atoms with Crippen LogP contribution in [0, 0.1) is 9.49 Å². The van der Waals surface area contributed by atoms with Gasteiger partial charge in [-0.1, -0.05) is 11.6 Å². The molecule has 2 aliphatic rings. The van der Waals surface area contributed by atoms with E-state index in [0.717, 1.165) is 24.5 Å². The van der Waals surface area contributed by atoms with E-state index < -0.39 is 9.84 Å². The fourth-order valence-electron chi connectivity index (χ4n) is 3.47. The standard InChI is InChI=1S/C16H15BrClIN2O3S/c17-12-4-13(11-5-20-15(18)3-10(11)16(12)19)21-6-9(7-21)14-8-24-1-2-25(14,22)23/h3-5,9,14H,1-2,6-8H2. The van der Waals surface area contributed by atoms with Crippen molar-refractivity contribution in [1.82, 2.24) is 4.98 Å². The highest BCUT2D eigenvalue weighted by Gasteiger charge is 2.42. The Kier molecular flexibility index (Phi) is 4.94. The molecule has 0 N–H and O–H groups in total. The van der Waals surface area contributed by atoms with Crippen LogP contribution in [0.5, 0.6) is 0 Å². The molecule has 25 heavy (non-hydrogen) atoms. The molecular weight excluding hydrogens is 543 g/mol. The van der Waals surface area contributed by atoms with Crippen molar-refractivity contribution in [1.29, 1.82) is 0 Å². The van der Waals surface area contributed by atoms with Gasteiger partial charge in [-0.15, -0.1) is 0 Å². The summed E-state index contributed by atoms with van der Waals surface area (Å²) in [6.07, 6.45) is 1.79. The van der Waals surface area contributed by atoms with Crippen molar-refractivity contribution < 1.29 is 13.2 Å². The second-order valence-corrected chi connectivity index (χ2v) is 11.0. The average molecular weight is 558 g/mol. The lowest BCUT2D eigenvalue weighted by Gasteiger charge is -2.45. The molecule has 0 saturated carbocycles. The van der Waals surface area contributed by atoms with Gasteiger partial charge in [0.2, 0.25) is 0 Å². The van der Waals surface area contributed by atoms with E-state index in [9.17, 15) is 8.42 Å². The van der Waals surface area contributed by atoms with Gasteiger partial charge in [-0.05, 0) is 50.7 Å². The minimum atomic E-state index is -3.04. The summed E-state index contributed by atoms with van der Waals surface area (Å²) in [6, 6.07) is 3.94. The lowest BCUT2D eigenvalue weighted by molar-refractivity contribution is 0.119. The summed E-state index contributed by atoms with van der Waals surface area (Å²) in [5.74, 6) is 0.243. The zero-order chi connectivity index (χ0) is 17.8. The van der Waals surface area contributed by atoms with Gasteiger partial charge in [0.05, 0.1) is 24.2 Å². The van der Waals surface area contributed by atoms with Crippen molar-refractivity contribution in [2.24, 2.45) is 5.92 Å². The van der Waals surface area contributed by atoms with Gasteiger partial charge in [-0.3, -0.25) is 0 Å². The highest BCUT2D eigenvalue weighted by Crippen LogP contribution is 2.40. The summed E-state index contributed by atoms with van der Waals surface area (Å²) in [5.41, 5.74) is 1.05. The van der Waals surface area contributed by atoms with Gasteiger partial charge in [0, 0.05) is 49.7 Å². The fourth-order valence-corrected chi connectivity index (χ4v) is 6.38. The number of benzene rings is 1. The number of hydrogen-bond donors (Lipinski definition) is 0. The molecule has 9 heteroatoms. The van der Waals surface area contributed by atoms with Crippen molar-refractivity contribution >= 4 is 76.4 Å². The molecule has 0 radical (unpaired) electrons. The number of halogens is 3. The highest BCUT2D eigenvalue weighted by molar-refractivity contribution is 14.1. The minimum absolute atomic E-state index is 0.110. The monoisotopic (exact) mass is 556 g/mol. The van der Waals surface area contributed by atoms with Crippen LogP contribution in [-0.4, -0.2) is 50.7 Å². The quantitative estimate of drug-likeness (QED) is 0.418. The Bertz CT molecular complexity index is 950. The third-order valence-electron chi connectivity index (χ3n) is 4.89. The van der Waals surface area contributed by atoms with Crippen molar-refractivity contribution in [2.75, 3.05) is 37.0 Å². The number of ether oxygens (including phenoxy) is 1. The van der Waals surface area contributed by atoms with Crippen LogP contribution in [-0.2, 0) is 14.6 Å². The zero-order valence-corrected chi connectivity index (χ0v) is 18.4. The molecule has 1 aromatic carbocycles. The van der Waals surface area contributed by atoms with Crippen LogP contribution >= 0.6 is 50.1 Å². The maximum Gasteiger partial charge on any atom is 0.158 e. The summed E-state index contributed by atoms with van der Waals surface area (Å²) in [5, 5.41) is 2.14. The normalized spacial score (nSPS) is 23.6. The molecule has 2 saturated heterocycles. The summed E-state index contributed by atoms with van der Waals surface area (Å²) < 4.78 is 32.0. The van der Waals surface area contributed by atoms with Crippen LogP contribution in [0.4, 0.5) is 5.69 Å². The second-order valence-electron chi connectivity index (χ2n) is 6.39. The van der Waals surface area contributed by atoms with Gasteiger partial charge < -0.3 is 9.64 Å². The largest absolute Gasteiger partial charge is 0.379 e. The molecule has 1 atom stereocenters. The van der Waals surface area contributed by atoms with Crippen LogP contribution < -0.4 is 4.90 Å². The number of sulfone groups is 1. The molecule has 2 fully saturated rings. The first kappa shape index (κ1) is 18.2. The van der Waals surface area contributed by atoms with E-state index in [0.29, 0.717) is 31.5 Å². The van der Waals surface area contributed by atoms with Crippen LogP contribution in [0.25, 0.3) is 10.8 Å². The van der Waals surface area contributed by atoms with Gasteiger partial charge in [-0.25, -0.2) is 13.4 Å². The predicted octanol–water partition coefficient (Wildman–Crippen LogP) is 3.51. The Balaban J connectivity index is 1.63. The Morgan fingerprint density at radius 1 is 1.32 bits per heavy atom. The lowest BCUT2D eigenvalue weighted by Crippen LogP contribution is -2.57. The summed E-state index contributed by atoms with van der Waals surface area (Å²) in [4.78, 5) is 6.42. The van der Waals surface area contributed by atoms with Gasteiger partial charge in [-0.2, -0.15) is 0 Å². The number of aromatic nitrogens is 1. The smallest absolute Gasteiger partial charge is 0.158 e. The third kappa shape index (κ3) is 3.28. The number of rotatable bonds is 2. The van der Waals surface area contributed by atoms with Crippen LogP contribution in [0.2, 0.25) is 5.15 Å². The first-order valence-electron chi connectivity index (χ1n) is 7.84. The van der Waals surface area contributed by atoms with Gasteiger partial charge in [0.25, 0.3) is 0 Å². The molecule has 1 unspecified atom stereocenters. The number of nitrogens with zero attached hydrogens (tertiary/aromatic N) is 2. The number of fused-ring (bicyclic) bond motifs is 1. The van der Waals surface area contributed by atoms with Crippen molar-refractivity contribution in [3.8, 4) is 0 Å². The Hall–Kier alpha value is -0.160. The molecule has 1 aromatic heterocycles. The van der Waals surface area contributed by atoms with E-state index >= 15 is 0 Å². The van der Waals surface area contributed by atoms with E-state index in [1.165, 1.54) is 0 Å².